The Morgan fingerprint density at radius 1 is 1.35 bits per heavy atom. The molecule has 2 aliphatic rings. The first kappa shape index (κ1) is 14.7. The van der Waals surface area contributed by atoms with Crippen LogP contribution in [0.25, 0.3) is 0 Å². The van der Waals surface area contributed by atoms with Gasteiger partial charge < -0.3 is 4.74 Å². The molecule has 23 heavy (non-hydrogen) atoms. The van der Waals surface area contributed by atoms with Crippen LogP contribution in [0.5, 0.6) is 0 Å². The van der Waals surface area contributed by atoms with Crippen LogP contribution in [0.15, 0.2) is 21.2 Å². The van der Waals surface area contributed by atoms with Gasteiger partial charge in [-0.15, -0.1) is 11.3 Å². The maximum absolute atomic E-state index is 12.2. The Labute approximate surface area is 136 Å². The van der Waals surface area contributed by atoms with Crippen molar-refractivity contribution >= 4 is 11.3 Å². The molecule has 0 aromatic carbocycles. The van der Waals surface area contributed by atoms with E-state index in [1.165, 1.54) is 11.6 Å². The molecule has 2 aliphatic heterocycles. The normalized spacial score (nSPS) is 24.2. The smallest absolute Gasteiger partial charge is 0.332 e. The van der Waals surface area contributed by atoms with Crippen molar-refractivity contribution in [3.05, 3.63) is 43.1 Å². The molecule has 0 N–H and O–H groups in total. The highest BCUT2D eigenvalue weighted by Crippen LogP contribution is 2.31. The van der Waals surface area contributed by atoms with E-state index in [1.54, 1.807) is 17.5 Å². The van der Waals surface area contributed by atoms with E-state index in [0.29, 0.717) is 12.4 Å². The van der Waals surface area contributed by atoms with E-state index in [0.717, 1.165) is 35.7 Å². The Morgan fingerprint density at radius 3 is 3.00 bits per heavy atom. The molecule has 1 fully saturated rings. The number of nitrogens with zero attached hydrogens (tertiary/aromatic N) is 5. The van der Waals surface area contributed by atoms with Crippen molar-refractivity contribution in [2.45, 2.75) is 31.7 Å². The van der Waals surface area contributed by atoms with Crippen molar-refractivity contribution in [3.8, 4) is 0 Å². The van der Waals surface area contributed by atoms with E-state index in [9.17, 15) is 9.59 Å². The molecule has 122 valence electrons. The number of aromatic nitrogens is 4. The molecule has 1 spiro atoms. The van der Waals surface area contributed by atoms with Crippen molar-refractivity contribution in [1.29, 1.82) is 0 Å². The van der Waals surface area contributed by atoms with Crippen LogP contribution < -0.4 is 11.1 Å². The summed E-state index contributed by atoms with van der Waals surface area (Å²) in [5, 5.41) is 7.17. The fourth-order valence-corrected chi connectivity index (χ4v) is 3.95. The van der Waals surface area contributed by atoms with Gasteiger partial charge in [-0.2, -0.15) is 5.10 Å². The fraction of sp³-hybridized carbons (Fsp3) is 0.571. The predicted molar refractivity (Wildman–Crippen MR) is 83.3 cm³/mol. The van der Waals surface area contributed by atoms with E-state index in [4.69, 9.17) is 4.74 Å². The molecule has 9 heteroatoms. The minimum atomic E-state index is -0.594. The largest absolute Gasteiger partial charge is 0.364 e. The molecule has 0 unspecified atom stereocenters. The Bertz CT molecular complexity index is 843. The molecule has 0 amide bonds. The van der Waals surface area contributed by atoms with E-state index in [1.807, 2.05) is 5.38 Å². The van der Waals surface area contributed by atoms with Gasteiger partial charge in [-0.3, -0.25) is 19.1 Å². The first-order valence-electron chi connectivity index (χ1n) is 7.48. The van der Waals surface area contributed by atoms with Crippen molar-refractivity contribution in [3.63, 3.8) is 0 Å². The Hall–Kier alpha value is -1.84. The first-order chi connectivity index (χ1) is 11.1. The summed E-state index contributed by atoms with van der Waals surface area (Å²) in [5.74, 6) is 0.515. The lowest BCUT2D eigenvalue weighted by Crippen LogP contribution is -2.52. The van der Waals surface area contributed by atoms with Gasteiger partial charge in [0.15, 0.2) is 5.82 Å². The zero-order valence-electron chi connectivity index (χ0n) is 12.8. The lowest BCUT2D eigenvalue weighted by molar-refractivity contribution is -0.0858. The van der Waals surface area contributed by atoms with Crippen molar-refractivity contribution in [1.82, 2.24) is 24.2 Å². The van der Waals surface area contributed by atoms with Crippen molar-refractivity contribution < 1.29 is 4.74 Å². The minimum absolute atomic E-state index is 0.258. The Kier molecular flexibility index (Phi) is 3.43. The summed E-state index contributed by atoms with van der Waals surface area (Å²) >= 11 is 1.64. The molecule has 0 saturated carbocycles. The van der Waals surface area contributed by atoms with Crippen LogP contribution >= 0.6 is 11.3 Å². The molecule has 2 aromatic rings. The molecule has 8 nitrogen and oxygen atoms in total. The molecule has 2 aromatic heterocycles. The van der Waals surface area contributed by atoms with Gasteiger partial charge in [0.1, 0.15) is 17.2 Å². The van der Waals surface area contributed by atoms with Gasteiger partial charge in [-0.05, 0) is 6.42 Å². The molecular formula is C14H17N5O3S. The highest BCUT2D eigenvalue weighted by molar-refractivity contribution is 7.09. The summed E-state index contributed by atoms with van der Waals surface area (Å²) in [4.78, 5) is 30.6. The van der Waals surface area contributed by atoms with Gasteiger partial charge in [-0.1, -0.05) is 0 Å². The van der Waals surface area contributed by atoms with Gasteiger partial charge in [0.25, 0.3) is 0 Å². The van der Waals surface area contributed by atoms with E-state index in [-0.39, 0.29) is 6.61 Å². The average Bonchev–Trinajstić information content (AvgIpc) is 3.18. The third-order valence-electron chi connectivity index (χ3n) is 4.49. The van der Waals surface area contributed by atoms with Crippen LogP contribution in [-0.4, -0.2) is 42.9 Å². The third kappa shape index (κ3) is 2.54. The molecule has 4 heterocycles. The molecule has 1 saturated heterocycles. The number of rotatable bonds is 2. The standard InChI is InChI=1S/C14H17N5O3S/c1-17-12(20)13(21)19-9-14(22-7-10(19)16-17)2-4-18(8-14)6-11-15-3-5-23-11/h3,5H,2,4,6-9H2,1H3/t14-/m1/s1. The minimum Gasteiger partial charge on any atom is -0.364 e. The number of ether oxygens (including phenoxy) is 1. The maximum atomic E-state index is 12.2. The number of aryl methyl sites for hydroxylation is 1. The number of hydrogen-bond acceptors (Lipinski definition) is 7. The second kappa shape index (κ2) is 5.36. The molecule has 4 rings (SSSR count). The Morgan fingerprint density at radius 2 is 2.22 bits per heavy atom. The van der Waals surface area contributed by atoms with Gasteiger partial charge in [0.05, 0.1) is 13.1 Å². The number of fused-ring (bicyclic) bond motifs is 1. The number of likely N-dealkylation sites (tertiary alicyclic amines) is 1. The zero-order valence-corrected chi connectivity index (χ0v) is 13.6. The van der Waals surface area contributed by atoms with Gasteiger partial charge in [-0.25, -0.2) is 9.67 Å². The van der Waals surface area contributed by atoms with Crippen molar-refractivity contribution in [2.24, 2.45) is 7.05 Å². The highest BCUT2D eigenvalue weighted by atomic mass is 32.1. The lowest BCUT2D eigenvalue weighted by atomic mass is 10.0. The summed E-state index contributed by atoms with van der Waals surface area (Å²) in [5.41, 5.74) is -1.52. The van der Waals surface area contributed by atoms with E-state index < -0.39 is 16.7 Å². The topological polar surface area (TPSA) is 82.3 Å². The quantitative estimate of drug-likeness (QED) is 0.693. The van der Waals surface area contributed by atoms with Gasteiger partial charge in [0, 0.05) is 31.7 Å². The maximum Gasteiger partial charge on any atom is 0.332 e. The van der Waals surface area contributed by atoms with Crippen molar-refractivity contribution in [2.75, 3.05) is 13.1 Å². The zero-order chi connectivity index (χ0) is 16.0. The fourth-order valence-electron chi connectivity index (χ4n) is 3.30. The summed E-state index contributed by atoms with van der Waals surface area (Å²) in [6.07, 6.45) is 2.64. The van der Waals surface area contributed by atoms with Crippen LogP contribution in [0.4, 0.5) is 0 Å². The third-order valence-corrected chi connectivity index (χ3v) is 5.25. The SMILES string of the molecule is Cn1nc2n(c(=O)c1=O)C[C@]1(CCN(Cc3nccs3)C1)OC2. The van der Waals surface area contributed by atoms with Crippen LogP contribution in [0.1, 0.15) is 17.3 Å². The summed E-state index contributed by atoms with van der Waals surface area (Å²) in [6.45, 7) is 3.06. The summed E-state index contributed by atoms with van der Waals surface area (Å²) in [6, 6.07) is 0. The first-order valence-corrected chi connectivity index (χ1v) is 8.36. The molecule has 0 radical (unpaired) electrons. The Balaban J connectivity index is 1.57. The van der Waals surface area contributed by atoms with Crippen LogP contribution in [0, 0.1) is 0 Å². The number of hydrogen-bond donors (Lipinski definition) is 0. The predicted octanol–water partition coefficient (Wildman–Crippen LogP) is -0.427. The van der Waals surface area contributed by atoms with Crippen LogP contribution in [-0.2, 0) is 31.5 Å². The molecular weight excluding hydrogens is 318 g/mol. The lowest BCUT2D eigenvalue weighted by Gasteiger charge is -2.35. The van der Waals surface area contributed by atoms with E-state index in [2.05, 4.69) is 15.0 Å². The molecule has 1 atom stereocenters. The second-order valence-electron chi connectivity index (χ2n) is 6.09. The van der Waals surface area contributed by atoms with Gasteiger partial charge in [0.2, 0.25) is 0 Å². The average molecular weight is 335 g/mol. The summed E-state index contributed by atoms with van der Waals surface area (Å²) < 4.78 is 8.62. The monoisotopic (exact) mass is 335 g/mol. The molecule has 0 bridgehead atoms. The van der Waals surface area contributed by atoms with Gasteiger partial charge >= 0.3 is 11.1 Å². The second-order valence-corrected chi connectivity index (χ2v) is 7.07. The summed E-state index contributed by atoms with van der Waals surface area (Å²) in [7, 11) is 1.49. The molecule has 0 aliphatic carbocycles. The highest BCUT2D eigenvalue weighted by Gasteiger charge is 2.43. The van der Waals surface area contributed by atoms with Crippen LogP contribution in [0.3, 0.4) is 0 Å². The van der Waals surface area contributed by atoms with E-state index >= 15 is 0 Å². The number of thiazole rings is 1. The van der Waals surface area contributed by atoms with Crippen LogP contribution in [0.2, 0.25) is 0 Å².